The Kier molecular flexibility index (Phi) is 5.12. The zero-order chi connectivity index (χ0) is 19.6. The third kappa shape index (κ3) is 3.01. The Labute approximate surface area is 156 Å². The first kappa shape index (κ1) is 18.4. The normalized spacial score (nSPS) is 10.6. The highest BCUT2D eigenvalue weighted by Gasteiger charge is 2.21. The molecule has 0 atom stereocenters. The van der Waals surface area contributed by atoms with Gasteiger partial charge in [-0.2, -0.15) is 0 Å². The molecule has 0 unspecified atom stereocenters. The Balaban J connectivity index is 2.32. The summed E-state index contributed by atoms with van der Waals surface area (Å²) < 4.78 is 32.4. The van der Waals surface area contributed by atoms with Gasteiger partial charge in [0.2, 0.25) is 11.2 Å². The number of fused-ring (bicyclic) bond motifs is 1. The van der Waals surface area contributed by atoms with Crippen molar-refractivity contribution in [2.45, 2.75) is 0 Å². The molecule has 0 aliphatic carbocycles. The van der Waals surface area contributed by atoms with E-state index in [-0.39, 0.29) is 16.4 Å². The molecule has 0 bridgehead atoms. The van der Waals surface area contributed by atoms with Crippen molar-refractivity contribution in [3.05, 3.63) is 40.8 Å². The van der Waals surface area contributed by atoms with Crippen molar-refractivity contribution in [2.75, 3.05) is 35.5 Å². The maximum atomic E-state index is 13.2. The molecular formula is C20H20O7. The van der Waals surface area contributed by atoms with Gasteiger partial charge in [0.25, 0.3) is 0 Å². The summed E-state index contributed by atoms with van der Waals surface area (Å²) in [5, 5.41) is 0.266. The Morgan fingerprint density at radius 2 is 1.41 bits per heavy atom. The first-order chi connectivity index (χ1) is 13.1. The van der Waals surface area contributed by atoms with Gasteiger partial charge in [0, 0.05) is 6.07 Å². The van der Waals surface area contributed by atoms with Crippen molar-refractivity contribution in [1.82, 2.24) is 0 Å². The minimum atomic E-state index is -0.263. The van der Waals surface area contributed by atoms with Crippen LogP contribution in [0.3, 0.4) is 0 Å². The summed E-state index contributed by atoms with van der Waals surface area (Å²) >= 11 is 0. The van der Waals surface area contributed by atoms with E-state index in [9.17, 15) is 4.79 Å². The summed E-state index contributed by atoms with van der Waals surface area (Å²) in [4.78, 5) is 13.2. The van der Waals surface area contributed by atoms with Crippen LogP contribution in [0.1, 0.15) is 0 Å². The van der Waals surface area contributed by atoms with Crippen LogP contribution < -0.4 is 29.1 Å². The Hall–Kier alpha value is -3.35. The molecule has 3 aromatic rings. The average Bonchev–Trinajstić information content (AvgIpc) is 2.72. The van der Waals surface area contributed by atoms with Gasteiger partial charge in [-0.15, -0.1) is 0 Å². The van der Waals surface area contributed by atoms with Crippen LogP contribution in [0.4, 0.5) is 0 Å². The van der Waals surface area contributed by atoms with Gasteiger partial charge < -0.3 is 28.1 Å². The fraction of sp³-hybridized carbons (Fsp3) is 0.250. The SMILES string of the molecule is COc1ccc(-c2coc3c(OC)c(OC)cc(OC)c3c2=O)cc1OC. The molecule has 27 heavy (non-hydrogen) atoms. The summed E-state index contributed by atoms with van der Waals surface area (Å²) in [5.41, 5.74) is 0.971. The highest BCUT2D eigenvalue weighted by Crippen LogP contribution is 2.41. The first-order valence-electron chi connectivity index (χ1n) is 8.06. The van der Waals surface area contributed by atoms with Crippen molar-refractivity contribution >= 4 is 11.0 Å². The molecule has 3 rings (SSSR count). The molecule has 0 radical (unpaired) electrons. The van der Waals surface area contributed by atoms with Crippen LogP contribution in [0, 0.1) is 0 Å². The van der Waals surface area contributed by atoms with Crippen molar-refractivity contribution in [1.29, 1.82) is 0 Å². The lowest BCUT2D eigenvalue weighted by Gasteiger charge is -2.14. The molecule has 0 N–H and O–H groups in total. The Bertz CT molecular complexity index is 1040. The molecule has 0 aliphatic heterocycles. The van der Waals surface area contributed by atoms with Crippen LogP contribution in [0.2, 0.25) is 0 Å². The van der Waals surface area contributed by atoms with Gasteiger partial charge in [-0.1, -0.05) is 6.07 Å². The lowest BCUT2D eigenvalue weighted by Crippen LogP contribution is -2.08. The Morgan fingerprint density at radius 1 is 0.741 bits per heavy atom. The lowest BCUT2D eigenvalue weighted by molar-refractivity contribution is 0.348. The number of rotatable bonds is 6. The van der Waals surface area contributed by atoms with E-state index in [0.717, 1.165) is 0 Å². The van der Waals surface area contributed by atoms with Gasteiger partial charge in [0.15, 0.2) is 22.8 Å². The molecular weight excluding hydrogens is 352 g/mol. The molecule has 142 valence electrons. The van der Waals surface area contributed by atoms with E-state index in [0.29, 0.717) is 39.9 Å². The fourth-order valence-corrected chi connectivity index (χ4v) is 2.94. The van der Waals surface area contributed by atoms with Crippen LogP contribution in [0.25, 0.3) is 22.1 Å². The van der Waals surface area contributed by atoms with Gasteiger partial charge in [-0.05, 0) is 17.7 Å². The average molecular weight is 372 g/mol. The van der Waals surface area contributed by atoms with Crippen LogP contribution in [0.15, 0.2) is 39.7 Å². The van der Waals surface area contributed by atoms with Crippen molar-refractivity contribution < 1.29 is 28.1 Å². The second-order valence-electron chi connectivity index (χ2n) is 5.57. The Morgan fingerprint density at radius 3 is 2.00 bits per heavy atom. The number of ether oxygens (including phenoxy) is 5. The van der Waals surface area contributed by atoms with Crippen molar-refractivity contribution in [3.8, 4) is 39.9 Å². The second-order valence-corrected chi connectivity index (χ2v) is 5.57. The maximum Gasteiger partial charge on any atom is 0.204 e. The van der Waals surface area contributed by atoms with Crippen molar-refractivity contribution in [2.24, 2.45) is 0 Å². The van der Waals surface area contributed by atoms with Gasteiger partial charge in [-0.3, -0.25) is 4.79 Å². The van der Waals surface area contributed by atoms with Crippen LogP contribution in [0.5, 0.6) is 28.7 Å². The molecule has 7 heteroatoms. The third-order valence-electron chi connectivity index (χ3n) is 4.27. The van der Waals surface area contributed by atoms with E-state index in [2.05, 4.69) is 0 Å². The molecule has 0 saturated carbocycles. The highest BCUT2D eigenvalue weighted by atomic mass is 16.5. The number of benzene rings is 2. The lowest BCUT2D eigenvalue weighted by atomic mass is 10.0. The van der Waals surface area contributed by atoms with E-state index in [1.165, 1.54) is 34.7 Å². The first-order valence-corrected chi connectivity index (χ1v) is 8.06. The number of hydrogen-bond acceptors (Lipinski definition) is 7. The van der Waals surface area contributed by atoms with Crippen molar-refractivity contribution in [3.63, 3.8) is 0 Å². The molecule has 0 fully saturated rings. The smallest absolute Gasteiger partial charge is 0.204 e. The second kappa shape index (κ2) is 7.49. The van der Waals surface area contributed by atoms with E-state index in [1.807, 2.05) is 0 Å². The van der Waals surface area contributed by atoms with E-state index < -0.39 is 0 Å². The summed E-state index contributed by atoms with van der Waals surface area (Å²) in [7, 11) is 7.53. The third-order valence-corrected chi connectivity index (χ3v) is 4.27. The zero-order valence-corrected chi connectivity index (χ0v) is 15.7. The number of hydrogen-bond donors (Lipinski definition) is 0. The molecule has 0 aliphatic rings. The van der Waals surface area contributed by atoms with Gasteiger partial charge >= 0.3 is 0 Å². The fourth-order valence-electron chi connectivity index (χ4n) is 2.94. The van der Waals surface area contributed by atoms with Crippen LogP contribution >= 0.6 is 0 Å². The van der Waals surface area contributed by atoms with Gasteiger partial charge in [0.05, 0.1) is 41.1 Å². The molecule has 7 nitrogen and oxygen atoms in total. The largest absolute Gasteiger partial charge is 0.496 e. The summed E-state index contributed by atoms with van der Waals surface area (Å²) in [6.45, 7) is 0. The predicted octanol–water partition coefficient (Wildman–Crippen LogP) is 3.50. The minimum absolute atomic E-state index is 0.253. The minimum Gasteiger partial charge on any atom is -0.496 e. The highest BCUT2D eigenvalue weighted by molar-refractivity contribution is 5.93. The molecule has 0 spiro atoms. The standard InChI is InChI=1S/C20H20O7/c1-22-13-7-6-11(8-14(13)23-2)12-10-27-20-17(18(12)21)15(24-3)9-16(25-4)19(20)26-5/h6-10H,1-5H3. The van der Waals surface area contributed by atoms with E-state index in [1.54, 1.807) is 31.4 Å². The topological polar surface area (TPSA) is 76.4 Å². The van der Waals surface area contributed by atoms with Gasteiger partial charge in [0.1, 0.15) is 17.4 Å². The van der Waals surface area contributed by atoms with Crippen LogP contribution in [-0.2, 0) is 0 Å². The summed E-state index contributed by atoms with van der Waals surface area (Å²) in [6, 6.07) is 6.79. The van der Waals surface area contributed by atoms with E-state index >= 15 is 0 Å². The monoisotopic (exact) mass is 372 g/mol. The summed E-state index contributed by atoms with van der Waals surface area (Å²) in [6.07, 6.45) is 1.38. The van der Waals surface area contributed by atoms with Gasteiger partial charge in [-0.25, -0.2) is 0 Å². The predicted molar refractivity (Wildman–Crippen MR) is 101 cm³/mol. The van der Waals surface area contributed by atoms with Crippen LogP contribution in [-0.4, -0.2) is 35.5 Å². The summed E-state index contributed by atoms with van der Waals surface area (Å²) in [5.74, 6) is 2.14. The quantitative estimate of drug-likeness (QED) is 0.655. The maximum absolute atomic E-state index is 13.2. The van der Waals surface area contributed by atoms with E-state index in [4.69, 9.17) is 28.1 Å². The molecule has 1 aromatic heterocycles. The zero-order valence-electron chi connectivity index (χ0n) is 15.7. The molecule has 2 aromatic carbocycles. The molecule has 0 amide bonds. The molecule has 1 heterocycles. The molecule has 0 saturated heterocycles. The number of methoxy groups -OCH3 is 5.